The lowest BCUT2D eigenvalue weighted by Crippen LogP contribution is -2.39. The van der Waals surface area contributed by atoms with Gasteiger partial charge in [0.2, 0.25) is 0 Å². The number of hydrogen-bond acceptors (Lipinski definition) is 1. The molecule has 1 aliphatic carbocycles. The Hall–Kier alpha value is -0.300. The van der Waals surface area contributed by atoms with Crippen molar-refractivity contribution in [2.24, 2.45) is 11.8 Å². The molecule has 0 aromatic carbocycles. The summed E-state index contributed by atoms with van der Waals surface area (Å²) < 4.78 is 0. The van der Waals surface area contributed by atoms with Crippen LogP contribution in [0.3, 0.4) is 0 Å². The van der Waals surface area contributed by atoms with Gasteiger partial charge in [0, 0.05) is 0 Å². The molecule has 0 aromatic heterocycles. The molecule has 2 unspecified atom stereocenters. The fraction of sp³-hybridized carbons (Fsp3) is 0.818. The predicted molar refractivity (Wildman–Crippen MR) is 51.9 cm³/mol. The summed E-state index contributed by atoms with van der Waals surface area (Å²) in [5.74, 6) is 0.977. The molecule has 12 heavy (non-hydrogen) atoms. The van der Waals surface area contributed by atoms with Crippen molar-refractivity contribution >= 4 is 0 Å². The van der Waals surface area contributed by atoms with E-state index >= 15 is 0 Å². The molecule has 1 heteroatoms. The van der Waals surface area contributed by atoms with Crippen LogP contribution in [0.4, 0.5) is 0 Å². The normalized spacial score (nSPS) is 36.8. The van der Waals surface area contributed by atoms with Crippen LogP contribution in [-0.4, -0.2) is 10.7 Å². The van der Waals surface area contributed by atoms with Crippen LogP contribution in [-0.2, 0) is 0 Å². The summed E-state index contributed by atoms with van der Waals surface area (Å²) in [6.45, 7) is 8.44. The molecule has 0 aromatic rings. The Bertz CT molecular complexity index is 193. The standard InChI is InChI=1S/C11H20O/c1-8(2)11(12)6-5-9(3)7-10(11)4/h7-9,12H,5-6H2,1-4H3. The summed E-state index contributed by atoms with van der Waals surface area (Å²) in [6.07, 6.45) is 4.25. The molecule has 2 atom stereocenters. The Morgan fingerprint density at radius 2 is 2.17 bits per heavy atom. The molecule has 0 saturated carbocycles. The summed E-state index contributed by atoms with van der Waals surface area (Å²) in [5.41, 5.74) is 0.642. The molecule has 1 rings (SSSR count). The van der Waals surface area contributed by atoms with Crippen LogP contribution in [0.5, 0.6) is 0 Å². The van der Waals surface area contributed by atoms with E-state index in [4.69, 9.17) is 0 Å². The van der Waals surface area contributed by atoms with Crippen LogP contribution in [0.2, 0.25) is 0 Å². The number of rotatable bonds is 1. The minimum atomic E-state index is -0.521. The highest BCUT2D eigenvalue weighted by Crippen LogP contribution is 2.36. The second kappa shape index (κ2) is 3.21. The Morgan fingerprint density at radius 1 is 1.58 bits per heavy atom. The fourth-order valence-corrected chi connectivity index (χ4v) is 2.04. The Kier molecular flexibility index (Phi) is 2.62. The van der Waals surface area contributed by atoms with Gasteiger partial charge in [0.25, 0.3) is 0 Å². The van der Waals surface area contributed by atoms with Crippen molar-refractivity contribution in [1.82, 2.24) is 0 Å². The van der Waals surface area contributed by atoms with E-state index < -0.39 is 5.60 Å². The average molecular weight is 168 g/mol. The van der Waals surface area contributed by atoms with Gasteiger partial charge in [-0.25, -0.2) is 0 Å². The largest absolute Gasteiger partial charge is 0.385 e. The lowest BCUT2D eigenvalue weighted by Gasteiger charge is -2.37. The van der Waals surface area contributed by atoms with E-state index in [1.807, 2.05) is 0 Å². The molecule has 0 aliphatic heterocycles. The van der Waals surface area contributed by atoms with Gasteiger partial charge in [0.1, 0.15) is 0 Å². The maximum Gasteiger partial charge on any atom is 0.0877 e. The van der Waals surface area contributed by atoms with Crippen molar-refractivity contribution in [3.05, 3.63) is 11.6 Å². The molecule has 0 amide bonds. The highest BCUT2D eigenvalue weighted by molar-refractivity contribution is 5.19. The smallest absolute Gasteiger partial charge is 0.0877 e. The van der Waals surface area contributed by atoms with Crippen LogP contribution >= 0.6 is 0 Å². The SMILES string of the molecule is CC1=CC(C)CCC1(O)C(C)C. The van der Waals surface area contributed by atoms with Crippen molar-refractivity contribution in [3.63, 3.8) is 0 Å². The van der Waals surface area contributed by atoms with E-state index in [2.05, 4.69) is 33.8 Å². The van der Waals surface area contributed by atoms with Gasteiger partial charge in [-0.3, -0.25) is 0 Å². The van der Waals surface area contributed by atoms with Crippen LogP contribution in [0.15, 0.2) is 11.6 Å². The minimum absolute atomic E-state index is 0.334. The molecule has 1 nitrogen and oxygen atoms in total. The van der Waals surface area contributed by atoms with Crippen molar-refractivity contribution in [1.29, 1.82) is 0 Å². The van der Waals surface area contributed by atoms with Crippen LogP contribution < -0.4 is 0 Å². The highest BCUT2D eigenvalue weighted by atomic mass is 16.3. The highest BCUT2D eigenvalue weighted by Gasteiger charge is 2.35. The molecular weight excluding hydrogens is 148 g/mol. The third-order valence-corrected chi connectivity index (χ3v) is 3.15. The average Bonchev–Trinajstić information content (AvgIpc) is 1.97. The summed E-state index contributed by atoms with van der Waals surface area (Å²) >= 11 is 0. The molecule has 0 radical (unpaired) electrons. The fourth-order valence-electron chi connectivity index (χ4n) is 2.04. The third kappa shape index (κ3) is 1.56. The first kappa shape index (κ1) is 9.79. The first-order valence-electron chi connectivity index (χ1n) is 4.88. The van der Waals surface area contributed by atoms with Gasteiger partial charge in [-0.05, 0) is 37.2 Å². The first-order valence-corrected chi connectivity index (χ1v) is 4.88. The maximum atomic E-state index is 10.3. The van der Waals surface area contributed by atoms with E-state index in [9.17, 15) is 5.11 Å². The van der Waals surface area contributed by atoms with Crippen molar-refractivity contribution < 1.29 is 5.11 Å². The van der Waals surface area contributed by atoms with Gasteiger partial charge >= 0.3 is 0 Å². The van der Waals surface area contributed by atoms with Crippen molar-refractivity contribution in [3.8, 4) is 0 Å². The monoisotopic (exact) mass is 168 g/mol. The Morgan fingerprint density at radius 3 is 2.58 bits per heavy atom. The third-order valence-electron chi connectivity index (χ3n) is 3.15. The molecule has 0 fully saturated rings. The Labute approximate surface area is 75.5 Å². The van der Waals surface area contributed by atoms with E-state index in [1.165, 1.54) is 0 Å². The van der Waals surface area contributed by atoms with Gasteiger partial charge in [0.15, 0.2) is 0 Å². The molecule has 0 bridgehead atoms. The molecular formula is C11H20O. The van der Waals surface area contributed by atoms with E-state index in [-0.39, 0.29) is 0 Å². The molecule has 1 N–H and O–H groups in total. The van der Waals surface area contributed by atoms with E-state index in [0.29, 0.717) is 11.8 Å². The second-order valence-electron chi connectivity index (χ2n) is 4.44. The first-order chi connectivity index (χ1) is 5.47. The van der Waals surface area contributed by atoms with Gasteiger partial charge in [0.05, 0.1) is 5.60 Å². The second-order valence-corrected chi connectivity index (χ2v) is 4.44. The number of hydrogen-bond donors (Lipinski definition) is 1. The summed E-state index contributed by atoms with van der Waals surface area (Å²) in [5, 5.41) is 10.3. The van der Waals surface area contributed by atoms with Crippen molar-refractivity contribution in [2.75, 3.05) is 0 Å². The number of allylic oxidation sites excluding steroid dienone is 1. The lowest BCUT2D eigenvalue weighted by atomic mass is 9.74. The van der Waals surface area contributed by atoms with Crippen molar-refractivity contribution in [2.45, 2.75) is 46.1 Å². The van der Waals surface area contributed by atoms with Gasteiger partial charge < -0.3 is 5.11 Å². The molecule has 0 spiro atoms. The Balaban J connectivity index is 2.87. The minimum Gasteiger partial charge on any atom is -0.385 e. The van der Waals surface area contributed by atoms with Gasteiger partial charge in [-0.15, -0.1) is 0 Å². The van der Waals surface area contributed by atoms with Gasteiger partial charge in [-0.1, -0.05) is 26.8 Å². The van der Waals surface area contributed by atoms with E-state index in [0.717, 1.165) is 18.4 Å². The van der Waals surface area contributed by atoms with Crippen LogP contribution in [0, 0.1) is 11.8 Å². The maximum absolute atomic E-state index is 10.3. The van der Waals surface area contributed by atoms with Gasteiger partial charge in [-0.2, -0.15) is 0 Å². The molecule has 0 saturated heterocycles. The summed E-state index contributed by atoms with van der Waals surface area (Å²) in [4.78, 5) is 0. The zero-order valence-corrected chi connectivity index (χ0v) is 8.59. The van der Waals surface area contributed by atoms with Crippen LogP contribution in [0.1, 0.15) is 40.5 Å². The quantitative estimate of drug-likeness (QED) is 0.597. The number of aliphatic hydroxyl groups is 1. The molecule has 0 heterocycles. The zero-order valence-electron chi connectivity index (χ0n) is 8.59. The summed E-state index contributed by atoms with van der Waals surface area (Å²) in [6, 6.07) is 0. The summed E-state index contributed by atoms with van der Waals surface area (Å²) in [7, 11) is 0. The topological polar surface area (TPSA) is 20.2 Å². The van der Waals surface area contributed by atoms with E-state index in [1.54, 1.807) is 0 Å². The predicted octanol–water partition coefficient (Wildman–Crippen LogP) is 2.75. The van der Waals surface area contributed by atoms with Crippen LogP contribution in [0.25, 0.3) is 0 Å². The lowest BCUT2D eigenvalue weighted by molar-refractivity contribution is 0.0124. The molecule has 1 aliphatic rings. The molecule has 70 valence electrons. The zero-order chi connectivity index (χ0) is 9.35.